The van der Waals surface area contributed by atoms with E-state index in [2.05, 4.69) is 10.6 Å². The van der Waals surface area contributed by atoms with Gasteiger partial charge in [0, 0.05) is 22.9 Å². The highest BCUT2D eigenvalue weighted by molar-refractivity contribution is 6.30. The molecule has 0 saturated carbocycles. The smallest absolute Gasteiger partial charge is 0.319 e. The summed E-state index contributed by atoms with van der Waals surface area (Å²) in [6.45, 7) is 2.11. The van der Waals surface area contributed by atoms with Crippen LogP contribution in [0.4, 0.5) is 20.6 Å². The first-order valence-corrected chi connectivity index (χ1v) is 8.22. The average molecular weight is 362 g/mol. The molecule has 2 N–H and O–H groups in total. The topological polar surface area (TPSA) is 61.4 Å². The molecule has 0 aromatic heterocycles. The van der Waals surface area contributed by atoms with Crippen LogP contribution in [0.2, 0.25) is 5.02 Å². The summed E-state index contributed by atoms with van der Waals surface area (Å²) in [5.41, 5.74) is 1.64. The number of carbonyl (C=O) groups is 2. The van der Waals surface area contributed by atoms with Gasteiger partial charge in [0.1, 0.15) is 11.9 Å². The Kier molecular flexibility index (Phi) is 4.90. The van der Waals surface area contributed by atoms with E-state index in [4.69, 9.17) is 11.6 Å². The Morgan fingerprint density at radius 1 is 1.28 bits per heavy atom. The van der Waals surface area contributed by atoms with E-state index >= 15 is 0 Å². The van der Waals surface area contributed by atoms with E-state index in [0.717, 1.165) is 0 Å². The summed E-state index contributed by atoms with van der Waals surface area (Å²) in [4.78, 5) is 26.1. The fourth-order valence-electron chi connectivity index (χ4n) is 2.76. The molecule has 1 unspecified atom stereocenters. The molecule has 1 heterocycles. The number of nitrogens with one attached hydrogen (secondary N) is 2. The van der Waals surface area contributed by atoms with Gasteiger partial charge < -0.3 is 15.5 Å². The lowest BCUT2D eigenvalue weighted by molar-refractivity contribution is -0.118. The molecule has 1 saturated heterocycles. The van der Waals surface area contributed by atoms with Gasteiger partial charge in [0.25, 0.3) is 0 Å². The first-order chi connectivity index (χ1) is 11.9. The Bertz CT molecular complexity index is 828. The Balaban J connectivity index is 1.63. The van der Waals surface area contributed by atoms with E-state index < -0.39 is 12.1 Å². The number of urea groups is 1. The summed E-state index contributed by atoms with van der Waals surface area (Å²) < 4.78 is 13.4. The van der Waals surface area contributed by atoms with E-state index in [0.29, 0.717) is 34.9 Å². The molecule has 1 fully saturated rings. The number of nitrogens with zero attached hydrogens (tertiary/aromatic N) is 1. The van der Waals surface area contributed by atoms with Gasteiger partial charge in [0.15, 0.2) is 0 Å². The normalized spacial score (nSPS) is 16.8. The zero-order chi connectivity index (χ0) is 18.0. The SMILES string of the molecule is Cc1cc(N2CCC(NC(=O)Nc3cccc(Cl)c3)C2=O)ccc1F. The van der Waals surface area contributed by atoms with Gasteiger partial charge in [-0.15, -0.1) is 0 Å². The second kappa shape index (κ2) is 7.11. The maximum absolute atomic E-state index is 13.4. The summed E-state index contributed by atoms with van der Waals surface area (Å²) in [6.07, 6.45) is 0.484. The van der Waals surface area contributed by atoms with Crippen LogP contribution < -0.4 is 15.5 Å². The number of halogens is 2. The van der Waals surface area contributed by atoms with Crippen LogP contribution in [0.5, 0.6) is 0 Å². The maximum Gasteiger partial charge on any atom is 0.319 e. The predicted octanol–water partition coefficient (Wildman–Crippen LogP) is 3.71. The highest BCUT2D eigenvalue weighted by Crippen LogP contribution is 2.24. The van der Waals surface area contributed by atoms with E-state index in [9.17, 15) is 14.0 Å². The number of hydrogen-bond donors (Lipinski definition) is 2. The summed E-state index contributed by atoms with van der Waals surface area (Å²) in [7, 11) is 0. The van der Waals surface area contributed by atoms with Crippen LogP contribution in [0, 0.1) is 12.7 Å². The Labute approximate surface area is 149 Å². The Morgan fingerprint density at radius 3 is 2.80 bits per heavy atom. The molecule has 1 aliphatic rings. The first-order valence-electron chi connectivity index (χ1n) is 7.84. The Morgan fingerprint density at radius 2 is 2.08 bits per heavy atom. The van der Waals surface area contributed by atoms with Crippen LogP contribution in [-0.2, 0) is 4.79 Å². The van der Waals surface area contributed by atoms with Crippen molar-refractivity contribution >= 4 is 34.9 Å². The molecule has 7 heteroatoms. The fourth-order valence-corrected chi connectivity index (χ4v) is 2.95. The molecule has 3 amide bonds. The number of anilines is 2. The minimum absolute atomic E-state index is 0.216. The molecule has 1 aliphatic heterocycles. The average Bonchev–Trinajstić information content (AvgIpc) is 2.91. The number of benzene rings is 2. The second-order valence-electron chi connectivity index (χ2n) is 5.87. The summed E-state index contributed by atoms with van der Waals surface area (Å²) in [6, 6.07) is 10.2. The molecule has 0 spiro atoms. The lowest BCUT2D eigenvalue weighted by Crippen LogP contribution is -2.43. The van der Waals surface area contributed by atoms with Crippen molar-refractivity contribution in [3.8, 4) is 0 Å². The van der Waals surface area contributed by atoms with Crippen molar-refractivity contribution in [2.45, 2.75) is 19.4 Å². The van der Waals surface area contributed by atoms with Crippen LogP contribution in [0.15, 0.2) is 42.5 Å². The number of amides is 3. The van der Waals surface area contributed by atoms with Crippen molar-refractivity contribution < 1.29 is 14.0 Å². The first kappa shape index (κ1) is 17.2. The number of carbonyl (C=O) groups excluding carboxylic acids is 2. The summed E-state index contributed by atoms with van der Waals surface area (Å²) in [5, 5.41) is 5.82. The van der Waals surface area contributed by atoms with Crippen LogP contribution in [0.3, 0.4) is 0 Å². The van der Waals surface area contributed by atoms with Gasteiger partial charge in [0.2, 0.25) is 5.91 Å². The van der Waals surface area contributed by atoms with Gasteiger partial charge in [-0.1, -0.05) is 17.7 Å². The van der Waals surface area contributed by atoms with Crippen molar-refractivity contribution in [1.82, 2.24) is 5.32 Å². The highest BCUT2D eigenvalue weighted by Gasteiger charge is 2.33. The van der Waals surface area contributed by atoms with Crippen molar-refractivity contribution in [1.29, 1.82) is 0 Å². The second-order valence-corrected chi connectivity index (χ2v) is 6.31. The van der Waals surface area contributed by atoms with E-state index in [-0.39, 0.29) is 11.7 Å². The van der Waals surface area contributed by atoms with E-state index in [1.165, 1.54) is 6.07 Å². The van der Waals surface area contributed by atoms with Crippen LogP contribution >= 0.6 is 11.6 Å². The van der Waals surface area contributed by atoms with Gasteiger partial charge in [-0.3, -0.25) is 4.79 Å². The quantitative estimate of drug-likeness (QED) is 0.875. The molecular formula is C18H17ClFN3O2. The minimum atomic E-state index is -0.621. The Hall–Kier alpha value is -2.60. The van der Waals surface area contributed by atoms with Gasteiger partial charge in [-0.05, 0) is 55.3 Å². The largest absolute Gasteiger partial charge is 0.326 e. The third kappa shape index (κ3) is 3.91. The molecule has 0 bridgehead atoms. The molecule has 1 atom stereocenters. The fraction of sp³-hybridized carbons (Fsp3) is 0.222. The third-order valence-corrected chi connectivity index (χ3v) is 4.28. The standard InChI is InChI=1S/C18H17ClFN3O2/c1-11-9-14(5-6-15(11)20)23-8-7-16(17(23)24)22-18(25)21-13-4-2-3-12(19)10-13/h2-6,9-10,16H,7-8H2,1H3,(H2,21,22,25). The summed E-state index contributed by atoms with van der Waals surface area (Å²) >= 11 is 5.87. The van der Waals surface area contributed by atoms with Crippen molar-refractivity contribution in [3.63, 3.8) is 0 Å². The molecule has 0 aliphatic carbocycles. The molecule has 2 aromatic rings. The van der Waals surface area contributed by atoms with Crippen LogP contribution in [0.25, 0.3) is 0 Å². The van der Waals surface area contributed by atoms with Crippen LogP contribution in [0.1, 0.15) is 12.0 Å². The van der Waals surface area contributed by atoms with Gasteiger partial charge in [-0.25, -0.2) is 9.18 Å². The van der Waals surface area contributed by atoms with E-state index in [1.807, 2.05) is 0 Å². The maximum atomic E-state index is 13.4. The zero-order valence-electron chi connectivity index (χ0n) is 13.6. The lowest BCUT2D eigenvalue weighted by Gasteiger charge is -2.18. The monoisotopic (exact) mass is 361 g/mol. The summed E-state index contributed by atoms with van der Waals surface area (Å²) in [5.74, 6) is -0.529. The van der Waals surface area contributed by atoms with Crippen molar-refractivity contribution in [3.05, 3.63) is 58.9 Å². The highest BCUT2D eigenvalue weighted by atomic mass is 35.5. The molecular weight excluding hydrogens is 345 g/mol. The molecule has 2 aromatic carbocycles. The lowest BCUT2D eigenvalue weighted by atomic mass is 10.2. The van der Waals surface area contributed by atoms with Crippen LogP contribution in [-0.4, -0.2) is 24.5 Å². The number of rotatable bonds is 3. The number of hydrogen-bond acceptors (Lipinski definition) is 2. The predicted molar refractivity (Wildman–Crippen MR) is 95.5 cm³/mol. The minimum Gasteiger partial charge on any atom is -0.326 e. The third-order valence-electron chi connectivity index (χ3n) is 4.05. The molecule has 5 nitrogen and oxygen atoms in total. The van der Waals surface area contributed by atoms with Gasteiger partial charge in [-0.2, -0.15) is 0 Å². The molecule has 130 valence electrons. The van der Waals surface area contributed by atoms with Gasteiger partial charge >= 0.3 is 6.03 Å². The molecule has 3 rings (SSSR count). The van der Waals surface area contributed by atoms with Gasteiger partial charge in [0.05, 0.1) is 0 Å². The van der Waals surface area contributed by atoms with Crippen molar-refractivity contribution in [2.24, 2.45) is 0 Å². The molecule has 0 radical (unpaired) electrons. The number of aryl methyl sites for hydroxylation is 1. The zero-order valence-corrected chi connectivity index (χ0v) is 14.3. The van der Waals surface area contributed by atoms with E-state index in [1.54, 1.807) is 48.2 Å². The molecule has 25 heavy (non-hydrogen) atoms. The van der Waals surface area contributed by atoms with Crippen molar-refractivity contribution in [2.75, 3.05) is 16.8 Å².